The number of aliphatic hydroxyl groups excluding tert-OH is 1. The van der Waals surface area contributed by atoms with Crippen molar-refractivity contribution in [3.63, 3.8) is 0 Å². The van der Waals surface area contributed by atoms with E-state index < -0.39 is 6.10 Å². The number of hydrogen-bond acceptors (Lipinski definition) is 4. The van der Waals surface area contributed by atoms with Crippen LogP contribution in [0.4, 0.5) is 6.01 Å². The molecule has 1 aromatic heterocycles. The second kappa shape index (κ2) is 6.45. The molecule has 0 bridgehead atoms. The van der Waals surface area contributed by atoms with Crippen LogP contribution in [-0.2, 0) is 0 Å². The topological polar surface area (TPSA) is 58.3 Å². The number of nitrogens with one attached hydrogen (secondary N) is 1. The molecule has 4 nitrogen and oxygen atoms in total. The van der Waals surface area contributed by atoms with Gasteiger partial charge in [0.1, 0.15) is 5.69 Å². The number of benzene rings is 2. The highest BCUT2D eigenvalue weighted by molar-refractivity contribution is 5.77. The molecule has 0 radical (unpaired) electrons. The van der Waals surface area contributed by atoms with Gasteiger partial charge in [-0.3, -0.25) is 0 Å². The summed E-state index contributed by atoms with van der Waals surface area (Å²) in [6.07, 6.45) is -0.466. The van der Waals surface area contributed by atoms with Crippen LogP contribution in [0.3, 0.4) is 0 Å². The van der Waals surface area contributed by atoms with Crippen LogP contribution < -0.4 is 5.32 Å². The molecule has 3 rings (SSSR count). The number of rotatable bonds is 5. The maximum absolute atomic E-state index is 9.39. The molecule has 22 heavy (non-hydrogen) atoms. The van der Waals surface area contributed by atoms with Crippen LogP contribution in [0.25, 0.3) is 22.6 Å². The second-order valence-electron chi connectivity index (χ2n) is 5.16. The van der Waals surface area contributed by atoms with Crippen molar-refractivity contribution < 1.29 is 9.52 Å². The third kappa shape index (κ3) is 3.18. The van der Waals surface area contributed by atoms with Crippen molar-refractivity contribution in [2.24, 2.45) is 0 Å². The maximum atomic E-state index is 9.39. The van der Waals surface area contributed by atoms with Gasteiger partial charge in [0.2, 0.25) is 0 Å². The average molecular weight is 294 g/mol. The minimum atomic E-state index is -0.466. The van der Waals surface area contributed by atoms with Gasteiger partial charge in [0, 0.05) is 17.7 Å². The van der Waals surface area contributed by atoms with E-state index in [1.165, 1.54) is 0 Å². The van der Waals surface area contributed by atoms with Crippen molar-refractivity contribution in [3.8, 4) is 22.6 Å². The Labute approximate surface area is 129 Å². The van der Waals surface area contributed by atoms with Crippen molar-refractivity contribution in [2.45, 2.75) is 13.0 Å². The summed E-state index contributed by atoms with van der Waals surface area (Å²) in [7, 11) is 0. The molecule has 0 fully saturated rings. The number of hydrogen-bond donors (Lipinski definition) is 2. The molecule has 2 N–H and O–H groups in total. The van der Waals surface area contributed by atoms with Crippen molar-refractivity contribution >= 4 is 6.01 Å². The van der Waals surface area contributed by atoms with Gasteiger partial charge in [-0.1, -0.05) is 60.7 Å². The Hall–Kier alpha value is -2.59. The first-order valence-electron chi connectivity index (χ1n) is 7.27. The molecule has 2 aromatic carbocycles. The Bertz CT molecular complexity index is 664. The zero-order chi connectivity index (χ0) is 15.4. The summed E-state index contributed by atoms with van der Waals surface area (Å²) < 4.78 is 5.87. The van der Waals surface area contributed by atoms with Crippen molar-refractivity contribution in [1.82, 2.24) is 4.98 Å². The lowest BCUT2D eigenvalue weighted by molar-refractivity contribution is 0.207. The third-order valence-electron chi connectivity index (χ3n) is 3.26. The zero-order valence-electron chi connectivity index (χ0n) is 12.4. The van der Waals surface area contributed by atoms with E-state index in [0.29, 0.717) is 12.6 Å². The first kappa shape index (κ1) is 14.4. The third-order valence-corrected chi connectivity index (χ3v) is 3.26. The van der Waals surface area contributed by atoms with Gasteiger partial charge in [-0.15, -0.1) is 0 Å². The molecule has 0 aliphatic heterocycles. The minimum absolute atomic E-state index is 0.392. The summed E-state index contributed by atoms with van der Waals surface area (Å²) in [4.78, 5) is 4.54. The summed E-state index contributed by atoms with van der Waals surface area (Å²) in [6, 6.07) is 20.2. The van der Waals surface area contributed by atoms with Crippen LogP contribution in [0.2, 0.25) is 0 Å². The van der Waals surface area contributed by atoms with Crippen LogP contribution in [0.15, 0.2) is 65.1 Å². The van der Waals surface area contributed by atoms with Crippen LogP contribution in [-0.4, -0.2) is 22.7 Å². The fourth-order valence-corrected chi connectivity index (χ4v) is 2.21. The highest BCUT2D eigenvalue weighted by Gasteiger charge is 2.16. The molecule has 1 unspecified atom stereocenters. The van der Waals surface area contributed by atoms with Crippen LogP contribution in [0, 0.1) is 0 Å². The Kier molecular flexibility index (Phi) is 4.21. The number of nitrogens with zero attached hydrogens (tertiary/aromatic N) is 1. The average Bonchev–Trinajstić information content (AvgIpc) is 2.99. The van der Waals surface area contributed by atoms with E-state index in [-0.39, 0.29) is 0 Å². The monoisotopic (exact) mass is 294 g/mol. The van der Waals surface area contributed by atoms with Crippen molar-refractivity contribution in [3.05, 3.63) is 60.7 Å². The molecular weight excluding hydrogens is 276 g/mol. The van der Waals surface area contributed by atoms with Crippen LogP contribution in [0.1, 0.15) is 6.92 Å². The fraction of sp³-hybridized carbons (Fsp3) is 0.167. The lowest BCUT2D eigenvalue weighted by atomic mass is 10.1. The van der Waals surface area contributed by atoms with Gasteiger partial charge < -0.3 is 14.8 Å². The predicted molar refractivity (Wildman–Crippen MR) is 87.5 cm³/mol. The fourth-order valence-electron chi connectivity index (χ4n) is 2.21. The van der Waals surface area contributed by atoms with Crippen LogP contribution >= 0.6 is 0 Å². The van der Waals surface area contributed by atoms with Gasteiger partial charge in [0.05, 0.1) is 6.10 Å². The molecule has 1 atom stereocenters. The Morgan fingerprint density at radius 3 is 2.18 bits per heavy atom. The second-order valence-corrected chi connectivity index (χ2v) is 5.16. The molecular formula is C18H18N2O2. The number of aromatic nitrogens is 1. The van der Waals surface area contributed by atoms with Gasteiger partial charge in [0.25, 0.3) is 6.01 Å². The highest BCUT2D eigenvalue weighted by atomic mass is 16.4. The molecule has 4 heteroatoms. The highest BCUT2D eigenvalue weighted by Crippen LogP contribution is 2.34. The van der Waals surface area contributed by atoms with E-state index in [4.69, 9.17) is 4.42 Å². The molecule has 0 saturated heterocycles. The maximum Gasteiger partial charge on any atom is 0.295 e. The number of oxazole rings is 1. The minimum Gasteiger partial charge on any atom is -0.423 e. The Balaban J connectivity index is 2.03. The van der Waals surface area contributed by atoms with E-state index in [1.807, 2.05) is 60.7 Å². The van der Waals surface area contributed by atoms with Gasteiger partial charge in [-0.05, 0) is 6.92 Å². The molecule has 0 aliphatic rings. The number of aliphatic hydroxyl groups is 1. The van der Waals surface area contributed by atoms with Crippen molar-refractivity contribution in [2.75, 3.05) is 11.9 Å². The summed E-state index contributed by atoms with van der Waals surface area (Å²) in [5, 5.41) is 12.4. The lowest BCUT2D eigenvalue weighted by Gasteiger charge is -2.03. The van der Waals surface area contributed by atoms with Crippen molar-refractivity contribution in [1.29, 1.82) is 0 Å². The van der Waals surface area contributed by atoms with Gasteiger partial charge >= 0.3 is 0 Å². The molecule has 0 spiro atoms. The first-order chi connectivity index (χ1) is 10.7. The lowest BCUT2D eigenvalue weighted by Crippen LogP contribution is -2.15. The molecule has 112 valence electrons. The Morgan fingerprint density at radius 1 is 1.00 bits per heavy atom. The smallest absolute Gasteiger partial charge is 0.295 e. The van der Waals surface area contributed by atoms with E-state index in [2.05, 4.69) is 10.3 Å². The standard InChI is InChI=1S/C18H18N2O2/c1-13(21)12-19-18-20-16(14-8-4-2-5-9-14)17(22-18)15-10-6-3-7-11-15/h2-11,13,21H,12H2,1H3,(H,19,20). The molecule has 3 aromatic rings. The normalized spacial score (nSPS) is 12.1. The number of anilines is 1. The first-order valence-corrected chi connectivity index (χ1v) is 7.27. The van der Waals surface area contributed by atoms with Gasteiger partial charge in [-0.2, -0.15) is 4.98 Å². The van der Waals surface area contributed by atoms with E-state index >= 15 is 0 Å². The largest absolute Gasteiger partial charge is 0.423 e. The SMILES string of the molecule is CC(O)CNc1nc(-c2ccccc2)c(-c2ccccc2)o1. The van der Waals surface area contributed by atoms with E-state index in [0.717, 1.165) is 22.6 Å². The molecule has 1 heterocycles. The van der Waals surface area contributed by atoms with Crippen LogP contribution in [0.5, 0.6) is 0 Å². The summed E-state index contributed by atoms with van der Waals surface area (Å²) in [5.74, 6) is 0.722. The quantitative estimate of drug-likeness (QED) is 0.751. The molecule has 0 saturated carbocycles. The van der Waals surface area contributed by atoms with Gasteiger partial charge in [-0.25, -0.2) is 0 Å². The summed E-state index contributed by atoms with van der Waals surface area (Å²) in [6.45, 7) is 2.11. The molecule has 0 aliphatic carbocycles. The predicted octanol–water partition coefficient (Wildman–Crippen LogP) is 3.80. The van der Waals surface area contributed by atoms with Gasteiger partial charge in [0.15, 0.2) is 5.76 Å². The summed E-state index contributed by atoms with van der Waals surface area (Å²) in [5.41, 5.74) is 2.76. The Morgan fingerprint density at radius 2 is 1.59 bits per heavy atom. The molecule has 0 amide bonds. The van der Waals surface area contributed by atoms with E-state index in [9.17, 15) is 5.11 Å². The van der Waals surface area contributed by atoms with E-state index in [1.54, 1.807) is 6.92 Å². The zero-order valence-corrected chi connectivity index (χ0v) is 12.4. The summed E-state index contributed by atoms with van der Waals surface area (Å²) >= 11 is 0.